The SMILES string of the molecule is C/C=C\N(C=Nc1c(C(C)C)cccc1C(C)C)c1c(C(C)C)cccc1C(C)C. The van der Waals surface area contributed by atoms with E-state index >= 15 is 0 Å². The van der Waals surface area contributed by atoms with Crippen LogP contribution in [-0.2, 0) is 0 Å². The summed E-state index contributed by atoms with van der Waals surface area (Å²) in [5, 5.41) is 0. The summed E-state index contributed by atoms with van der Waals surface area (Å²) >= 11 is 0. The Morgan fingerprint density at radius 2 is 1.07 bits per heavy atom. The zero-order valence-corrected chi connectivity index (χ0v) is 20.4. The molecule has 0 atom stereocenters. The van der Waals surface area contributed by atoms with Crippen molar-refractivity contribution in [1.29, 1.82) is 0 Å². The largest absolute Gasteiger partial charge is 0.308 e. The van der Waals surface area contributed by atoms with Gasteiger partial charge in [0.05, 0.1) is 17.7 Å². The summed E-state index contributed by atoms with van der Waals surface area (Å²) in [4.78, 5) is 7.31. The van der Waals surface area contributed by atoms with Gasteiger partial charge in [-0.25, -0.2) is 4.99 Å². The van der Waals surface area contributed by atoms with Gasteiger partial charge >= 0.3 is 0 Å². The topological polar surface area (TPSA) is 15.6 Å². The molecule has 2 aromatic rings. The number of allylic oxidation sites excluding steroid dienone is 1. The maximum absolute atomic E-state index is 5.09. The number of benzene rings is 2. The van der Waals surface area contributed by atoms with Gasteiger partial charge in [-0.05, 0) is 52.8 Å². The molecule has 2 heteroatoms. The second-order valence-electron chi connectivity index (χ2n) is 9.32. The van der Waals surface area contributed by atoms with Crippen molar-refractivity contribution < 1.29 is 0 Å². The molecule has 0 saturated carbocycles. The van der Waals surface area contributed by atoms with Crippen molar-refractivity contribution in [3.63, 3.8) is 0 Å². The number of rotatable bonds is 8. The fraction of sp³-hybridized carbons (Fsp3) is 0.464. The van der Waals surface area contributed by atoms with Gasteiger partial charge in [-0.3, -0.25) is 0 Å². The van der Waals surface area contributed by atoms with E-state index in [-0.39, 0.29) is 0 Å². The average Bonchev–Trinajstić information content (AvgIpc) is 2.69. The monoisotopic (exact) mass is 404 g/mol. The predicted octanol–water partition coefficient (Wildman–Crippen LogP) is 8.88. The van der Waals surface area contributed by atoms with Crippen LogP contribution in [0.4, 0.5) is 11.4 Å². The Morgan fingerprint density at radius 3 is 1.43 bits per heavy atom. The second-order valence-corrected chi connectivity index (χ2v) is 9.32. The zero-order valence-electron chi connectivity index (χ0n) is 20.4. The smallest absolute Gasteiger partial charge is 0.0998 e. The van der Waals surface area contributed by atoms with Gasteiger partial charge in [0.1, 0.15) is 0 Å². The van der Waals surface area contributed by atoms with Crippen LogP contribution >= 0.6 is 0 Å². The molecule has 2 aromatic carbocycles. The van der Waals surface area contributed by atoms with E-state index in [9.17, 15) is 0 Å². The van der Waals surface area contributed by atoms with Crippen LogP contribution in [0.2, 0.25) is 0 Å². The normalized spacial score (nSPS) is 12.4. The number of hydrogen-bond donors (Lipinski definition) is 0. The van der Waals surface area contributed by atoms with Crippen LogP contribution in [0.1, 0.15) is 108 Å². The Labute approximate surface area is 184 Å². The molecule has 0 amide bonds. The molecule has 0 heterocycles. The molecule has 0 radical (unpaired) electrons. The van der Waals surface area contributed by atoms with E-state index in [0.717, 1.165) is 5.69 Å². The lowest BCUT2D eigenvalue weighted by atomic mass is 9.92. The molecule has 0 spiro atoms. The Bertz CT molecular complexity index is 833. The van der Waals surface area contributed by atoms with Gasteiger partial charge in [0.15, 0.2) is 0 Å². The molecule has 0 aliphatic carbocycles. The highest BCUT2D eigenvalue weighted by Crippen LogP contribution is 2.37. The molecular formula is C28H40N2. The molecule has 30 heavy (non-hydrogen) atoms. The lowest BCUT2D eigenvalue weighted by molar-refractivity contribution is 0.831. The molecule has 0 aliphatic heterocycles. The van der Waals surface area contributed by atoms with Gasteiger partial charge < -0.3 is 4.90 Å². The quantitative estimate of drug-likeness (QED) is 0.317. The number of hydrogen-bond acceptors (Lipinski definition) is 1. The third-order valence-electron chi connectivity index (χ3n) is 5.56. The fourth-order valence-electron chi connectivity index (χ4n) is 3.92. The van der Waals surface area contributed by atoms with Gasteiger partial charge in [0.2, 0.25) is 0 Å². The summed E-state index contributed by atoms with van der Waals surface area (Å²) in [5.74, 6) is 1.74. The van der Waals surface area contributed by atoms with E-state index in [4.69, 9.17) is 4.99 Å². The van der Waals surface area contributed by atoms with Gasteiger partial charge in [-0.15, -0.1) is 0 Å². The third kappa shape index (κ3) is 5.41. The van der Waals surface area contributed by atoms with Crippen molar-refractivity contribution in [2.24, 2.45) is 4.99 Å². The summed E-state index contributed by atoms with van der Waals surface area (Å²) in [7, 11) is 0. The predicted molar refractivity (Wildman–Crippen MR) is 135 cm³/mol. The number of nitrogens with zero attached hydrogens (tertiary/aromatic N) is 2. The van der Waals surface area contributed by atoms with Crippen LogP contribution < -0.4 is 4.90 Å². The first-order valence-corrected chi connectivity index (χ1v) is 11.4. The van der Waals surface area contributed by atoms with Crippen molar-refractivity contribution >= 4 is 17.7 Å². The molecule has 0 aliphatic rings. The number of aliphatic imine (C=N–C) groups is 1. The molecule has 0 unspecified atom stereocenters. The maximum Gasteiger partial charge on any atom is 0.0998 e. The van der Waals surface area contributed by atoms with Gasteiger partial charge in [0, 0.05) is 6.20 Å². The Morgan fingerprint density at radius 1 is 0.667 bits per heavy atom. The first-order valence-electron chi connectivity index (χ1n) is 11.4. The van der Waals surface area contributed by atoms with Crippen LogP contribution in [0.25, 0.3) is 0 Å². The summed E-state index contributed by atoms with van der Waals surface area (Å²) in [6.07, 6.45) is 6.23. The minimum absolute atomic E-state index is 0.431. The molecule has 162 valence electrons. The van der Waals surface area contributed by atoms with E-state index in [2.05, 4.69) is 116 Å². The Hall–Kier alpha value is -2.35. The Kier molecular flexibility index (Phi) is 8.46. The van der Waals surface area contributed by atoms with Crippen LogP contribution in [0.3, 0.4) is 0 Å². The Balaban J connectivity index is 2.68. The number of anilines is 1. The molecule has 2 rings (SSSR count). The molecule has 0 N–H and O–H groups in total. The minimum atomic E-state index is 0.431. The first-order chi connectivity index (χ1) is 14.2. The molecule has 2 nitrogen and oxygen atoms in total. The van der Waals surface area contributed by atoms with Gasteiger partial charge in [-0.1, -0.05) is 97.9 Å². The van der Waals surface area contributed by atoms with Crippen molar-refractivity contribution in [2.75, 3.05) is 4.90 Å². The standard InChI is InChI=1S/C28H40N2/c1-10-17-30(28-25(21(6)7)15-12-16-26(28)22(8)9)18-29-27-23(19(2)3)13-11-14-24(27)20(4)5/h10-22H,1-9H3/b17-10-,29-18?. The third-order valence-corrected chi connectivity index (χ3v) is 5.56. The van der Waals surface area contributed by atoms with Crippen LogP contribution in [0.5, 0.6) is 0 Å². The van der Waals surface area contributed by atoms with Gasteiger partial charge in [0.25, 0.3) is 0 Å². The molecule has 0 bridgehead atoms. The summed E-state index contributed by atoms with van der Waals surface area (Å²) in [6.45, 7) is 20.1. The summed E-state index contributed by atoms with van der Waals surface area (Å²) in [6, 6.07) is 13.3. The molecular weight excluding hydrogens is 364 g/mol. The summed E-state index contributed by atoms with van der Waals surface area (Å²) < 4.78 is 0. The van der Waals surface area contributed by atoms with Crippen LogP contribution in [-0.4, -0.2) is 6.34 Å². The van der Waals surface area contributed by atoms with Crippen LogP contribution in [0, 0.1) is 0 Å². The van der Waals surface area contributed by atoms with E-state index in [1.54, 1.807) is 0 Å². The fourth-order valence-corrected chi connectivity index (χ4v) is 3.92. The summed E-state index contributed by atoms with van der Waals surface area (Å²) in [5.41, 5.74) is 7.69. The lowest BCUT2D eigenvalue weighted by Gasteiger charge is -2.26. The number of para-hydroxylation sites is 2. The van der Waals surface area contributed by atoms with Crippen molar-refractivity contribution in [2.45, 2.75) is 86.0 Å². The minimum Gasteiger partial charge on any atom is -0.308 e. The molecule has 0 saturated heterocycles. The lowest BCUT2D eigenvalue weighted by Crippen LogP contribution is -2.18. The highest BCUT2D eigenvalue weighted by molar-refractivity contribution is 5.87. The van der Waals surface area contributed by atoms with Crippen molar-refractivity contribution in [3.05, 3.63) is 70.9 Å². The maximum atomic E-state index is 5.09. The van der Waals surface area contributed by atoms with Crippen molar-refractivity contribution in [3.8, 4) is 0 Å². The van der Waals surface area contributed by atoms with E-state index in [1.807, 2.05) is 6.34 Å². The van der Waals surface area contributed by atoms with Crippen molar-refractivity contribution in [1.82, 2.24) is 0 Å². The van der Waals surface area contributed by atoms with Gasteiger partial charge in [-0.2, -0.15) is 0 Å². The zero-order chi connectivity index (χ0) is 22.4. The second kappa shape index (κ2) is 10.6. The average molecular weight is 405 g/mol. The molecule has 0 fully saturated rings. The highest BCUT2D eigenvalue weighted by atomic mass is 15.1. The highest BCUT2D eigenvalue weighted by Gasteiger charge is 2.18. The first kappa shape index (κ1) is 23.9. The van der Waals surface area contributed by atoms with E-state index < -0.39 is 0 Å². The molecule has 0 aromatic heterocycles. The van der Waals surface area contributed by atoms with E-state index in [1.165, 1.54) is 27.9 Å². The van der Waals surface area contributed by atoms with E-state index in [0.29, 0.717) is 23.7 Å². The van der Waals surface area contributed by atoms with Crippen LogP contribution in [0.15, 0.2) is 53.7 Å².